The smallest absolute Gasteiger partial charge is 0.224 e. The number of fused-ring (bicyclic) bond motifs is 1. The Morgan fingerprint density at radius 2 is 1.83 bits per heavy atom. The van der Waals surface area contributed by atoms with Gasteiger partial charge in [0.25, 0.3) is 0 Å². The molecule has 3 rings (SSSR count). The van der Waals surface area contributed by atoms with Crippen molar-refractivity contribution in [1.29, 1.82) is 0 Å². The molecule has 5 nitrogen and oxygen atoms in total. The standard InChI is InChI=1S/C18H18ClNO4/c19-14-11-16-17(24-10-9-23-16)12-15(14)20-18(21)7-4-8-22-13-5-2-1-3-6-13/h1-3,5-6,11-12H,4,7-10H2,(H,20,21). The summed E-state index contributed by atoms with van der Waals surface area (Å²) >= 11 is 6.17. The Hall–Kier alpha value is -2.40. The number of nitrogens with one attached hydrogen (secondary N) is 1. The molecule has 2 aromatic rings. The first-order valence-electron chi connectivity index (χ1n) is 7.79. The molecule has 0 atom stereocenters. The Labute approximate surface area is 145 Å². The zero-order chi connectivity index (χ0) is 16.8. The van der Waals surface area contributed by atoms with E-state index >= 15 is 0 Å². The molecule has 126 valence electrons. The summed E-state index contributed by atoms with van der Waals surface area (Å²) in [6.07, 6.45) is 0.959. The Morgan fingerprint density at radius 3 is 2.58 bits per heavy atom. The van der Waals surface area contributed by atoms with E-state index in [2.05, 4.69) is 5.32 Å². The number of benzene rings is 2. The normalized spacial score (nSPS) is 12.5. The van der Waals surface area contributed by atoms with Crippen molar-refractivity contribution in [2.75, 3.05) is 25.1 Å². The topological polar surface area (TPSA) is 56.8 Å². The van der Waals surface area contributed by atoms with Crippen molar-refractivity contribution < 1.29 is 19.0 Å². The predicted molar refractivity (Wildman–Crippen MR) is 92.2 cm³/mol. The summed E-state index contributed by atoms with van der Waals surface area (Å²) in [6.45, 7) is 1.46. The number of hydrogen-bond acceptors (Lipinski definition) is 4. The van der Waals surface area contributed by atoms with Crippen molar-refractivity contribution in [3.05, 3.63) is 47.5 Å². The van der Waals surface area contributed by atoms with Crippen LogP contribution in [0.5, 0.6) is 17.2 Å². The molecule has 1 amide bonds. The van der Waals surface area contributed by atoms with E-state index in [1.807, 2.05) is 30.3 Å². The van der Waals surface area contributed by atoms with Crippen LogP contribution in [0.2, 0.25) is 5.02 Å². The average Bonchev–Trinajstić information content (AvgIpc) is 2.60. The molecule has 1 aliphatic rings. The predicted octanol–water partition coefficient (Wildman–Crippen LogP) is 3.91. The molecule has 0 saturated carbocycles. The van der Waals surface area contributed by atoms with Gasteiger partial charge in [-0.05, 0) is 18.6 Å². The van der Waals surface area contributed by atoms with Gasteiger partial charge >= 0.3 is 0 Å². The van der Waals surface area contributed by atoms with Crippen LogP contribution < -0.4 is 19.5 Å². The van der Waals surface area contributed by atoms with Gasteiger partial charge in [0.15, 0.2) is 11.5 Å². The minimum Gasteiger partial charge on any atom is -0.494 e. The number of carbonyl (C=O) groups is 1. The van der Waals surface area contributed by atoms with Gasteiger partial charge in [0.2, 0.25) is 5.91 Å². The molecule has 1 aliphatic heterocycles. The minimum atomic E-state index is -0.120. The number of halogens is 1. The van der Waals surface area contributed by atoms with Crippen molar-refractivity contribution in [2.45, 2.75) is 12.8 Å². The van der Waals surface area contributed by atoms with Crippen LogP contribution in [0.25, 0.3) is 0 Å². The third-order valence-corrected chi connectivity index (χ3v) is 3.78. The summed E-state index contributed by atoms with van der Waals surface area (Å²) in [4.78, 5) is 12.0. The third kappa shape index (κ3) is 4.32. The highest BCUT2D eigenvalue weighted by molar-refractivity contribution is 6.34. The Morgan fingerprint density at radius 1 is 1.12 bits per heavy atom. The largest absolute Gasteiger partial charge is 0.494 e. The van der Waals surface area contributed by atoms with Gasteiger partial charge in [-0.25, -0.2) is 0 Å². The molecule has 1 N–H and O–H groups in total. The maximum atomic E-state index is 12.0. The van der Waals surface area contributed by atoms with E-state index in [0.717, 1.165) is 5.75 Å². The van der Waals surface area contributed by atoms with Gasteiger partial charge in [-0.2, -0.15) is 0 Å². The van der Waals surface area contributed by atoms with Crippen molar-refractivity contribution in [1.82, 2.24) is 0 Å². The second kappa shape index (κ2) is 7.93. The summed E-state index contributed by atoms with van der Waals surface area (Å²) < 4.78 is 16.5. The van der Waals surface area contributed by atoms with Crippen LogP contribution in [0, 0.1) is 0 Å². The van der Waals surface area contributed by atoms with E-state index in [4.69, 9.17) is 25.8 Å². The van der Waals surface area contributed by atoms with E-state index in [0.29, 0.717) is 54.9 Å². The molecule has 24 heavy (non-hydrogen) atoms. The molecule has 0 aromatic heterocycles. The number of anilines is 1. The Balaban J connectivity index is 1.48. The van der Waals surface area contributed by atoms with Gasteiger partial charge in [-0.15, -0.1) is 0 Å². The molecule has 0 fully saturated rings. The molecule has 0 unspecified atom stereocenters. The first-order chi connectivity index (χ1) is 11.7. The van der Waals surface area contributed by atoms with E-state index < -0.39 is 0 Å². The van der Waals surface area contributed by atoms with Gasteiger partial charge in [0.1, 0.15) is 19.0 Å². The van der Waals surface area contributed by atoms with Crippen LogP contribution in [0.1, 0.15) is 12.8 Å². The van der Waals surface area contributed by atoms with E-state index in [9.17, 15) is 4.79 Å². The van der Waals surface area contributed by atoms with Crippen molar-refractivity contribution in [2.24, 2.45) is 0 Å². The highest BCUT2D eigenvalue weighted by atomic mass is 35.5. The Kier molecular flexibility index (Phi) is 5.43. The van der Waals surface area contributed by atoms with Crippen molar-refractivity contribution >= 4 is 23.2 Å². The zero-order valence-electron chi connectivity index (χ0n) is 13.1. The van der Waals surface area contributed by atoms with Gasteiger partial charge in [-0.3, -0.25) is 4.79 Å². The molecule has 1 heterocycles. The SMILES string of the molecule is O=C(CCCOc1ccccc1)Nc1cc2c(cc1Cl)OCCO2. The van der Waals surface area contributed by atoms with Crippen LogP contribution in [0.3, 0.4) is 0 Å². The maximum absolute atomic E-state index is 12.0. The summed E-state index contributed by atoms with van der Waals surface area (Å²) in [6, 6.07) is 12.9. The second-order valence-corrected chi connectivity index (χ2v) is 5.70. The summed E-state index contributed by atoms with van der Waals surface area (Å²) in [7, 11) is 0. The van der Waals surface area contributed by atoms with E-state index in [1.54, 1.807) is 12.1 Å². The van der Waals surface area contributed by atoms with Gasteiger partial charge in [-0.1, -0.05) is 29.8 Å². The van der Waals surface area contributed by atoms with E-state index in [1.165, 1.54) is 0 Å². The quantitative estimate of drug-likeness (QED) is 0.805. The number of para-hydroxylation sites is 1. The highest BCUT2D eigenvalue weighted by Crippen LogP contribution is 2.37. The fourth-order valence-electron chi connectivity index (χ4n) is 2.31. The Bertz CT molecular complexity index is 706. The second-order valence-electron chi connectivity index (χ2n) is 5.29. The molecule has 0 bridgehead atoms. The van der Waals surface area contributed by atoms with Crippen LogP contribution >= 0.6 is 11.6 Å². The first-order valence-corrected chi connectivity index (χ1v) is 8.17. The number of rotatable bonds is 6. The fraction of sp³-hybridized carbons (Fsp3) is 0.278. The lowest BCUT2D eigenvalue weighted by Gasteiger charge is -2.20. The van der Waals surface area contributed by atoms with Crippen molar-refractivity contribution in [3.8, 4) is 17.2 Å². The summed E-state index contributed by atoms with van der Waals surface area (Å²) in [5.41, 5.74) is 0.523. The van der Waals surface area contributed by atoms with Crippen LogP contribution in [0.15, 0.2) is 42.5 Å². The zero-order valence-corrected chi connectivity index (χ0v) is 13.8. The van der Waals surface area contributed by atoms with E-state index in [-0.39, 0.29) is 5.91 Å². The average molecular weight is 348 g/mol. The maximum Gasteiger partial charge on any atom is 0.224 e. The number of hydrogen-bond donors (Lipinski definition) is 1. The monoisotopic (exact) mass is 347 g/mol. The number of amides is 1. The number of carbonyl (C=O) groups excluding carboxylic acids is 1. The molecule has 0 saturated heterocycles. The highest BCUT2D eigenvalue weighted by Gasteiger charge is 2.16. The molecule has 0 aliphatic carbocycles. The minimum absolute atomic E-state index is 0.120. The van der Waals surface area contributed by atoms with Gasteiger partial charge in [0.05, 0.1) is 17.3 Å². The molecule has 0 radical (unpaired) electrons. The molecular weight excluding hydrogens is 330 g/mol. The van der Waals surface area contributed by atoms with Crippen molar-refractivity contribution in [3.63, 3.8) is 0 Å². The lowest BCUT2D eigenvalue weighted by atomic mass is 10.2. The third-order valence-electron chi connectivity index (χ3n) is 3.47. The van der Waals surface area contributed by atoms with Crippen LogP contribution in [-0.4, -0.2) is 25.7 Å². The molecule has 6 heteroatoms. The van der Waals surface area contributed by atoms with Crippen LogP contribution in [0.4, 0.5) is 5.69 Å². The molecule has 2 aromatic carbocycles. The van der Waals surface area contributed by atoms with Gasteiger partial charge in [0, 0.05) is 18.6 Å². The lowest BCUT2D eigenvalue weighted by Crippen LogP contribution is -2.17. The molecular formula is C18H18ClNO4. The molecule has 0 spiro atoms. The summed E-state index contributed by atoms with van der Waals surface area (Å²) in [5, 5.41) is 3.22. The van der Waals surface area contributed by atoms with Crippen LogP contribution in [-0.2, 0) is 4.79 Å². The first kappa shape index (κ1) is 16.5. The van der Waals surface area contributed by atoms with Gasteiger partial charge < -0.3 is 19.5 Å². The summed E-state index contributed by atoms with van der Waals surface area (Å²) in [5.74, 6) is 1.87. The fourth-order valence-corrected chi connectivity index (χ4v) is 2.51. The number of ether oxygens (including phenoxy) is 3. The lowest BCUT2D eigenvalue weighted by molar-refractivity contribution is -0.116.